The molecule has 5 heteroatoms. The van der Waals surface area contributed by atoms with Gasteiger partial charge in [0.25, 0.3) is 0 Å². The van der Waals surface area contributed by atoms with Gasteiger partial charge < -0.3 is 5.11 Å². The highest BCUT2D eigenvalue weighted by molar-refractivity contribution is 6.42. The second kappa shape index (κ2) is 6.12. The first-order valence-corrected chi connectivity index (χ1v) is 8.57. The Morgan fingerprint density at radius 2 is 2.05 bits per heavy atom. The number of carbonyl (C=O) groups excluding carboxylic acids is 1. The molecule has 2 heterocycles. The summed E-state index contributed by atoms with van der Waals surface area (Å²) in [6.07, 6.45) is 1.68. The summed E-state index contributed by atoms with van der Waals surface area (Å²) in [4.78, 5) is 14.8. The van der Waals surface area contributed by atoms with Crippen molar-refractivity contribution < 1.29 is 9.90 Å². The van der Waals surface area contributed by atoms with Crippen LogP contribution in [-0.4, -0.2) is 41.0 Å². The van der Waals surface area contributed by atoms with Gasteiger partial charge in [0, 0.05) is 24.4 Å². The Hall–Kier alpha value is -0.610. The van der Waals surface area contributed by atoms with Gasteiger partial charge in [-0.3, -0.25) is 9.69 Å². The Labute approximate surface area is 141 Å². The number of likely N-dealkylation sites (N-methyl/N-ethyl adjacent to an activating group) is 1. The minimum absolute atomic E-state index is 0.0920. The third kappa shape index (κ3) is 2.58. The fraction of sp³-hybridized carbons (Fsp3) is 0.588. The van der Waals surface area contributed by atoms with E-state index in [2.05, 4.69) is 4.90 Å². The Morgan fingerprint density at radius 3 is 2.68 bits per heavy atom. The standard InChI is InChI=1S/C17H21Cl2NO2/c1-3-14(21)16-11(9-4-5-12(18)13(19)6-9)7-10-8-15(22)17(16)20(10)2/h4-6,10-11,15-17,22H,3,7-8H2,1-2H3/t10-,11-,15-,16-,17-/m1/s1. The summed E-state index contributed by atoms with van der Waals surface area (Å²) in [6.45, 7) is 1.89. The molecule has 2 bridgehead atoms. The minimum atomic E-state index is -0.428. The number of piperidine rings is 1. The van der Waals surface area contributed by atoms with Crippen molar-refractivity contribution in [3.63, 3.8) is 0 Å². The number of nitrogens with zero attached hydrogens (tertiary/aromatic N) is 1. The van der Waals surface area contributed by atoms with Crippen LogP contribution in [0.2, 0.25) is 10.0 Å². The van der Waals surface area contributed by atoms with Crippen LogP contribution in [0.15, 0.2) is 18.2 Å². The first-order valence-electron chi connectivity index (χ1n) is 7.81. The van der Waals surface area contributed by atoms with E-state index in [-0.39, 0.29) is 23.7 Å². The van der Waals surface area contributed by atoms with Crippen LogP contribution in [0.3, 0.4) is 0 Å². The number of aliphatic hydroxyl groups excluding tert-OH is 1. The summed E-state index contributed by atoms with van der Waals surface area (Å²) in [7, 11) is 2.02. The van der Waals surface area contributed by atoms with Crippen LogP contribution in [0.5, 0.6) is 0 Å². The van der Waals surface area contributed by atoms with Crippen LogP contribution in [0.1, 0.15) is 37.7 Å². The summed E-state index contributed by atoms with van der Waals surface area (Å²) < 4.78 is 0. The predicted octanol–water partition coefficient (Wildman–Crippen LogP) is 3.51. The van der Waals surface area contributed by atoms with Crippen LogP contribution >= 0.6 is 23.2 Å². The number of hydrogen-bond acceptors (Lipinski definition) is 3. The molecule has 1 N–H and O–H groups in total. The average molecular weight is 342 g/mol. The SMILES string of the molecule is CCC(=O)[C@@H]1[C@H]2[C@H](O)C[C@@H](C[C@@H]1c1ccc(Cl)c(Cl)c1)N2C. The highest BCUT2D eigenvalue weighted by Gasteiger charge is 2.52. The van der Waals surface area contributed by atoms with Crippen molar-refractivity contribution in [2.24, 2.45) is 5.92 Å². The number of fused-ring (bicyclic) bond motifs is 2. The molecule has 2 aliphatic heterocycles. The van der Waals surface area contributed by atoms with Crippen molar-refractivity contribution in [2.45, 2.75) is 50.3 Å². The molecule has 2 saturated heterocycles. The van der Waals surface area contributed by atoms with E-state index < -0.39 is 6.10 Å². The molecule has 3 rings (SSSR count). The molecule has 0 aliphatic carbocycles. The lowest BCUT2D eigenvalue weighted by molar-refractivity contribution is -0.128. The summed E-state index contributed by atoms with van der Waals surface area (Å²) >= 11 is 12.2. The van der Waals surface area contributed by atoms with Gasteiger partial charge in [0.15, 0.2) is 0 Å². The fourth-order valence-electron chi connectivity index (χ4n) is 4.27. The third-order valence-electron chi connectivity index (χ3n) is 5.37. The molecule has 0 amide bonds. The van der Waals surface area contributed by atoms with E-state index in [1.54, 1.807) is 6.07 Å². The maximum Gasteiger partial charge on any atom is 0.137 e. The Bertz CT molecular complexity index is 592. The molecule has 0 aromatic heterocycles. The van der Waals surface area contributed by atoms with Gasteiger partial charge in [0.05, 0.1) is 16.1 Å². The van der Waals surface area contributed by atoms with Crippen LogP contribution in [0.25, 0.3) is 0 Å². The van der Waals surface area contributed by atoms with Crippen molar-refractivity contribution in [3.05, 3.63) is 33.8 Å². The first kappa shape index (κ1) is 16.3. The van der Waals surface area contributed by atoms with Gasteiger partial charge in [-0.25, -0.2) is 0 Å². The molecule has 120 valence electrons. The molecule has 1 aromatic carbocycles. The number of carbonyl (C=O) groups is 1. The minimum Gasteiger partial charge on any atom is -0.391 e. The fourth-order valence-corrected chi connectivity index (χ4v) is 4.58. The first-order chi connectivity index (χ1) is 10.4. The maximum absolute atomic E-state index is 12.6. The van der Waals surface area contributed by atoms with E-state index in [4.69, 9.17) is 23.2 Å². The molecule has 1 aromatic rings. The van der Waals surface area contributed by atoms with E-state index in [0.29, 0.717) is 22.5 Å². The molecule has 2 aliphatic rings. The van der Waals surface area contributed by atoms with Crippen LogP contribution in [-0.2, 0) is 4.79 Å². The molecule has 22 heavy (non-hydrogen) atoms. The zero-order valence-corrected chi connectivity index (χ0v) is 14.3. The Balaban J connectivity index is 2.01. The van der Waals surface area contributed by atoms with Crippen molar-refractivity contribution >= 4 is 29.0 Å². The summed E-state index contributed by atoms with van der Waals surface area (Å²) in [5, 5.41) is 11.5. The number of halogens is 2. The molecule has 0 unspecified atom stereocenters. The van der Waals surface area contributed by atoms with E-state index >= 15 is 0 Å². The van der Waals surface area contributed by atoms with Gasteiger partial charge in [-0.1, -0.05) is 36.2 Å². The Kier molecular flexibility index (Phi) is 4.52. The maximum atomic E-state index is 12.6. The normalized spacial score (nSPS) is 34.9. The number of hydrogen-bond donors (Lipinski definition) is 1. The van der Waals surface area contributed by atoms with Crippen LogP contribution in [0, 0.1) is 5.92 Å². The van der Waals surface area contributed by atoms with Crippen molar-refractivity contribution in [2.75, 3.05) is 7.05 Å². The van der Waals surface area contributed by atoms with E-state index in [1.165, 1.54) is 0 Å². The average Bonchev–Trinajstić information content (AvgIpc) is 2.68. The number of ketones is 1. The highest BCUT2D eigenvalue weighted by Crippen LogP contribution is 2.47. The molecule has 3 nitrogen and oxygen atoms in total. The highest BCUT2D eigenvalue weighted by atomic mass is 35.5. The third-order valence-corrected chi connectivity index (χ3v) is 6.11. The quantitative estimate of drug-likeness (QED) is 0.914. The summed E-state index contributed by atoms with van der Waals surface area (Å²) in [5.74, 6) is 0.138. The van der Waals surface area contributed by atoms with Gasteiger partial charge in [-0.05, 0) is 43.5 Å². The monoisotopic (exact) mass is 341 g/mol. The lowest BCUT2D eigenvalue weighted by Crippen LogP contribution is -2.51. The Morgan fingerprint density at radius 1 is 1.32 bits per heavy atom. The lowest BCUT2D eigenvalue weighted by atomic mass is 9.73. The smallest absolute Gasteiger partial charge is 0.137 e. The van der Waals surface area contributed by atoms with Crippen LogP contribution < -0.4 is 0 Å². The molecule has 0 spiro atoms. The van der Waals surface area contributed by atoms with Crippen LogP contribution in [0.4, 0.5) is 0 Å². The van der Waals surface area contributed by atoms with E-state index in [1.807, 2.05) is 26.1 Å². The molecule has 2 fully saturated rings. The topological polar surface area (TPSA) is 40.5 Å². The second-order valence-electron chi connectivity index (χ2n) is 6.47. The molecule has 0 radical (unpaired) electrons. The molecular weight excluding hydrogens is 321 g/mol. The number of rotatable bonds is 3. The summed E-state index contributed by atoms with van der Waals surface area (Å²) in [6, 6.07) is 5.86. The molecule has 0 saturated carbocycles. The summed E-state index contributed by atoms with van der Waals surface area (Å²) in [5.41, 5.74) is 1.05. The van der Waals surface area contributed by atoms with Gasteiger partial charge in [-0.2, -0.15) is 0 Å². The van der Waals surface area contributed by atoms with Crippen molar-refractivity contribution in [3.8, 4) is 0 Å². The largest absolute Gasteiger partial charge is 0.391 e. The second-order valence-corrected chi connectivity index (χ2v) is 7.29. The van der Waals surface area contributed by atoms with Gasteiger partial charge in [0.2, 0.25) is 0 Å². The zero-order valence-electron chi connectivity index (χ0n) is 12.8. The number of aliphatic hydroxyl groups is 1. The van der Waals surface area contributed by atoms with Gasteiger partial charge >= 0.3 is 0 Å². The zero-order chi connectivity index (χ0) is 16.0. The number of Topliss-reactive ketones (excluding diaryl/α,β-unsaturated/α-hetero) is 1. The molecular formula is C17H21Cl2NO2. The lowest BCUT2D eigenvalue weighted by Gasteiger charge is -2.43. The van der Waals surface area contributed by atoms with Crippen molar-refractivity contribution in [1.29, 1.82) is 0 Å². The van der Waals surface area contributed by atoms with Crippen molar-refractivity contribution in [1.82, 2.24) is 4.90 Å². The van der Waals surface area contributed by atoms with E-state index in [0.717, 1.165) is 18.4 Å². The number of benzene rings is 1. The predicted molar refractivity (Wildman–Crippen MR) is 88.6 cm³/mol. The van der Waals surface area contributed by atoms with Gasteiger partial charge in [-0.15, -0.1) is 0 Å². The van der Waals surface area contributed by atoms with E-state index in [9.17, 15) is 9.90 Å². The van der Waals surface area contributed by atoms with Gasteiger partial charge in [0.1, 0.15) is 5.78 Å². The molecule has 5 atom stereocenters.